The Balaban J connectivity index is 1.42. The normalized spacial score (nSPS) is 36.5. The van der Waals surface area contributed by atoms with Gasteiger partial charge in [-0.25, -0.2) is 0 Å². The average molecular weight is 455 g/mol. The van der Waals surface area contributed by atoms with Crippen LogP contribution in [0, 0.1) is 22.7 Å². The quantitative estimate of drug-likeness (QED) is 0.335. The first-order chi connectivity index (χ1) is 15.7. The molecule has 180 valence electrons. The number of rotatable bonds is 5. The van der Waals surface area contributed by atoms with Gasteiger partial charge in [0.05, 0.1) is 17.6 Å². The average Bonchev–Trinajstić information content (AvgIpc) is 3.08. The van der Waals surface area contributed by atoms with Crippen molar-refractivity contribution in [1.29, 1.82) is 0 Å². The Labute approximate surface area is 197 Å². The summed E-state index contributed by atoms with van der Waals surface area (Å²) in [6, 6.07) is 4.19. The van der Waals surface area contributed by atoms with E-state index in [1.54, 1.807) is 7.11 Å². The molecule has 1 aromatic rings. The molecular formula is C28H38O5. The molecule has 1 aliphatic heterocycles. The van der Waals surface area contributed by atoms with Gasteiger partial charge in [-0.05, 0) is 106 Å². The van der Waals surface area contributed by atoms with Crippen LogP contribution in [0.4, 0.5) is 0 Å². The summed E-state index contributed by atoms with van der Waals surface area (Å²) in [5.74, 6) is 2.30. The Kier molecular flexibility index (Phi) is 5.63. The van der Waals surface area contributed by atoms with Crippen LogP contribution in [0.2, 0.25) is 0 Å². The fraction of sp³-hybridized carbons (Fsp3) is 0.714. The molecule has 0 amide bonds. The van der Waals surface area contributed by atoms with Crippen molar-refractivity contribution < 1.29 is 23.8 Å². The molecule has 0 radical (unpaired) electrons. The zero-order chi connectivity index (χ0) is 23.4. The third kappa shape index (κ3) is 3.45. The van der Waals surface area contributed by atoms with Crippen molar-refractivity contribution >= 4 is 12.3 Å². The molecule has 33 heavy (non-hydrogen) atoms. The standard InChI is InChI=1S/C28H38O5/c1-26(2)11-12-28(33-25(26)30)10-8-23-21-6-5-18-16-24(32-14-13-31-4)19(17-29)15-22(18)20(21)7-9-27(23,28)3/h15-17,20-21,23H,5-14H2,1-4H3/t20?,21?,23?,27?,28-/m1/s1. The van der Waals surface area contributed by atoms with E-state index in [2.05, 4.69) is 19.1 Å². The van der Waals surface area contributed by atoms with E-state index in [1.807, 2.05) is 13.8 Å². The van der Waals surface area contributed by atoms with Crippen LogP contribution < -0.4 is 4.74 Å². The van der Waals surface area contributed by atoms with E-state index < -0.39 is 0 Å². The van der Waals surface area contributed by atoms with Crippen molar-refractivity contribution in [3.63, 3.8) is 0 Å². The zero-order valence-corrected chi connectivity index (χ0v) is 20.6. The molecule has 0 bridgehead atoms. The third-order valence-corrected chi connectivity index (χ3v) is 9.81. The molecule has 1 saturated heterocycles. The van der Waals surface area contributed by atoms with E-state index in [0.717, 1.165) is 57.7 Å². The second-order valence-corrected chi connectivity index (χ2v) is 11.7. The number of hydrogen-bond donors (Lipinski definition) is 0. The lowest BCUT2D eigenvalue weighted by molar-refractivity contribution is -0.206. The minimum atomic E-state index is -0.366. The largest absolute Gasteiger partial charge is 0.490 e. The van der Waals surface area contributed by atoms with Crippen molar-refractivity contribution in [3.05, 3.63) is 28.8 Å². The summed E-state index contributed by atoms with van der Waals surface area (Å²) in [4.78, 5) is 24.7. The van der Waals surface area contributed by atoms with Gasteiger partial charge in [-0.15, -0.1) is 0 Å². The van der Waals surface area contributed by atoms with Crippen LogP contribution in [0.1, 0.15) is 93.1 Å². The maximum absolute atomic E-state index is 12.9. The van der Waals surface area contributed by atoms with Crippen molar-refractivity contribution in [1.82, 2.24) is 0 Å². The Hall–Kier alpha value is -1.88. The number of ether oxygens (including phenoxy) is 3. The Morgan fingerprint density at radius 2 is 1.88 bits per heavy atom. The summed E-state index contributed by atoms with van der Waals surface area (Å²) in [7, 11) is 1.65. The van der Waals surface area contributed by atoms with Crippen LogP contribution in [0.15, 0.2) is 12.1 Å². The van der Waals surface area contributed by atoms with Gasteiger partial charge in [0.1, 0.15) is 18.0 Å². The fourth-order valence-corrected chi connectivity index (χ4v) is 7.72. The van der Waals surface area contributed by atoms with Crippen LogP contribution in [0.5, 0.6) is 5.75 Å². The lowest BCUT2D eigenvalue weighted by Crippen LogP contribution is -2.56. The molecule has 5 heteroatoms. The molecule has 1 spiro atoms. The first kappa shape index (κ1) is 22.9. The predicted octanol–water partition coefficient (Wildman–Crippen LogP) is 5.48. The lowest BCUT2D eigenvalue weighted by atomic mass is 9.52. The van der Waals surface area contributed by atoms with Gasteiger partial charge < -0.3 is 14.2 Å². The highest BCUT2D eigenvalue weighted by Crippen LogP contribution is 2.67. The molecule has 0 N–H and O–H groups in total. The molecule has 1 aromatic carbocycles. The van der Waals surface area contributed by atoms with Gasteiger partial charge in [0.2, 0.25) is 0 Å². The number of benzene rings is 1. The van der Waals surface area contributed by atoms with E-state index >= 15 is 0 Å². The molecule has 5 nitrogen and oxygen atoms in total. The SMILES string of the molecule is COCCOc1cc2c(cc1C=O)C1CCC3(C)C(CC[C@@]34CCC(C)(C)C(=O)O4)C1CC2. The van der Waals surface area contributed by atoms with Gasteiger partial charge in [0, 0.05) is 12.5 Å². The molecule has 4 unspecified atom stereocenters. The van der Waals surface area contributed by atoms with Crippen LogP contribution in [-0.4, -0.2) is 38.2 Å². The van der Waals surface area contributed by atoms with Gasteiger partial charge in [0.25, 0.3) is 0 Å². The second kappa shape index (κ2) is 8.11. The van der Waals surface area contributed by atoms with Crippen LogP contribution in [-0.2, 0) is 20.7 Å². The molecule has 4 aliphatic rings. The molecule has 3 aliphatic carbocycles. The number of carbonyl (C=O) groups excluding carboxylic acids is 2. The van der Waals surface area contributed by atoms with E-state index in [1.165, 1.54) is 11.1 Å². The highest BCUT2D eigenvalue weighted by Gasteiger charge is 2.65. The monoisotopic (exact) mass is 454 g/mol. The Morgan fingerprint density at radius 3 is 2.61 bits per heavy atom. The van der Waals surface area contributed by atoms with Crippen LogP contribution in [0.25, 0.3) is 0 Å². The Bertz CT molecular complexity index is 952. The molecular weight excluding hydrogens is 416 g/mol. The topological polar surface area (TPSA) is 61.8 Å². The van der Waals surface area contributed by atoms with Gasteiger partial charge in [-0.2, -0.15) is 0 Å². The number of methoxy groups -OCH3 is 1. The minimum Gasteiger partial charge on any atom is -0.490 e. The zero-order valence-electron chi connectivity index (χ0n) is 20.6. The third-order valence-electron chi connectivity index (χ3n) is 9.81. The summed E-state index contributed by atoms with van der Waals surface area (Å²) in [6.07, 6.45) is 9.31. The number of hydrogen-bond acceptors (Lipinski definition) is 5. The Morgan fingerprint density at radius 1 is 1.06 bits per heavy atom. The minimum absolute atomic E-state index is 0.0108. The van der Waals surface area contributed by atoms with E-state index in [-0.39, 0.29) is 22.4 Å². The number of esters is 1. The number of aryl methyl sites for hydroxylation is 1. The van der Waals surface area contributed by atoms with E-state index in [0.29, 0.717) is 42.3 Å². The van der Waals surface area contributed by atoms with Crippen LogP contribution in [0.3, 0.4) is 0 Å². The van der Waals surface area contributed by atoms with Gasteiger partial charge >= 0.3 is 5.97 Å². The smallest absolute Gasteiger partial charge is 0.312 e. The van der Waals surface area contributed by atoms with E-state index in [9.17, 15) is 9.59 Å². The summed E-state index contributed by atoms with van der Waals surface area (Å²) in [5.41, 5.74) is 2.71. The maximum atomic E-state index is 12.9. The first-order valence-electron chi connectivity index (χ1n) is 12.7. The summed E-state index contributed by atoms with van der Waals surface area (Å²) in [6.45, 7) is 7.39. The highest BCUT2D eigenvalue weighted by atomic mass is 16.6. The van der Waals surface area contributed by atoms with Crippen molar-refractivity contribution in [2.75, 3.05) is 20.3 Å². The maximum Gasteiger partial charge on any atom is 0.312 e. The number of aldehydes is 1. The molecule has 3 fully saturated rings. The van der Waals surface area contributed by atoms with Gasteiger partial charge in [-0.1, -0.05) is 6.92 Å². The molecule has 2 saturated carbocycles. The number of fused-ring (bicyclic) bond motifs is 6. The van der Waals surface area contributed by atoms with Crippen molar-refractivity contribution in [3.8, 4) is 5.75 Å². The predicted molar refractivity (Wildman–Crippen MR) is 126 cm³/mol. The van der Waals surface area contributed by atoms with Crippen LogP contribution >= 0.6 is 0 Å². The fourth-order valence-electron chi connectivity index (χ4n) is 7.72. The highest BCUT2D eigenvalue weighted by molar-refractivity contribution is 5.80. The van der Waals surface area contributed by atoms with Crippen molar-refractivity contribution in [2.24, 2.45) is 22.7 Å². The lowest BCUT2D eigenvalue weighted by Gasteiger charge is -2.56. The van der Waals surface area contributed by atoms with Crippen molar-refractivity contribution in [2.45, 2.75) is 83.7 Å². The summed E-state index contributed by atoms with van der Waals surface area (Å²) >= 11 is 0. The van der Waals surface area contributed by atoms with Gasteiger partial charge in [0.15, 0.2) is 6.29 Å². The molecule has 5 atom stereocenters. The summed E-state index contributed by atoms with van der Waals surface area (Å²) < 4.78 is 17.3. The van der Waals surface area contributed by atoms with E-state index in [4.69, 9.17) is 14.2 Å². The molecule has 1 heterocycles. The first-order valence-corrected chi connectivity index (χ1v) is 12.7. The molecule has 0 aromatic heterocycles. The second-order valence-electron chi connectivity index (χ2n) is 11.7. The number of carbonyl (C=O) groups is 2. The molecule has 5 rings (SSSR count). The summed E-state index contributed by atoms with van der Waals surface area (Å²) in [5, 5.41) is 0. The van der Waals surface area contributed by atoms with Gasteiger partial charge in [-0.3, -0.25) is 9.59 Å².